The Kier molecular flexibility index (Phi) is 4.30. The van der Waals surface area contributed by atoms with Crippen molar-refractivity contribution < 1.29 is 9.53 Å². The number of nitrogens with one attached hydrogen (secondary N) is 1. The van der Waals surface area contributed by atoms with Gasteiger partial charge in [-0.15, -0.1) is 0 Å². The molecule has 2 aromatic rings. The lowest BCUT2D eigenvalue weighted by atomic mass is 10.2. The van der Waals surface area contributed by atoms with Gasteiger partial charge in [-0.05, 0) is 40.2 Å². The van der Waals surface area contributed by atoms with Crippen LogP contribution in [0.4, 0.5) is 5.82 Å². The molecule has 18 heavy (non-hydrogen) atoms. The topological polar surface area (TPSA) is 51.2 Å². The third-order valence-corrected chi connectivity index (χ3v) is 2.48. The van der Waals surface area contributed by atoms with Crippen molar-refractivity contribution in [3.8, 4) is 5.75 Å². The summed E-state index contributed by atoms with van der Waals surface area (Å²) in [7, 11) is 0. The SMILES string of the molecule is O=C(Nc1ccccn1)c1ccccc1OCBr. The molecule has 0 saturated heterocycles. The highest BCUT2D eigenvalue weighted by atomic mass is 79.9. The van der Waals surface area contributed by atoms with Crippen LogP contribution in [0.25, 0.3) is 0 Å². The van der Waals surface area contributed by atoms with Crippen molar-refractivity contribution in [2.45, 2.75) is 0 Å². The van der Waals surface area contributed by atoms with Crippen LogP contribution in [0.15, 0.2) is 48.7 Å². The molecular weight excluding hydrogens is 296 g/mol. The van der Waals surface area contributed by atoms with Crippen LogP contribution in [0.3, 0.4) is 0 Å². The summed E-state index contributed by atoms with van der Waals surface area (Å²) in [6, 6.07) is 12.4. The molecule has 1 heterocycles. The Hall–Kier alpha value is -1.88. The van der Waals surface area contributed by atoms with E-state index in [2.05, 4.69) is 26.2 Å². The molecule has 1 aromatic heterocycles. The van der Waals surface area contributed by atoms with E-state index in [1.807, 2.05) is 12.1 Å². The Balaban J connectivity index is 2.19. The molecule has 0 spiro atoms. The van der Waals surface area contributed by atoms with Gasteiger partial charge in [0.1, 0.15) is 17.1 Å². The summed E-state index contributed by atoms with van der Waals surface area (Å²) in [5, 5.41) is 2.71. The molecule has 0 aliphatic rings. The van der Waals surface area contributed by atoms with E-state index >= 15 is 0 Å². The van der Waals surface area contributed by atoms with Crippen LogP contribution in [0, 0.1) is 0 Å². The molecule has 2 rings (SSSR count). The molecule has 92 valence electrons. The molecule has 0 saturated carbocycles. The maximum atomic E-state index is 12.1. The number of alkyl halides is 1. The summed E-state index contributed by atoms with van der Waals surface area (Å²) < 4.78 is 5.33. The molecule has 0 atom stereocenters. The van der Waals surface area contributed by atoms with Gasteiger partial charge in [0.05, 0.1) is 5.56 Å². The minimum absolute atomic E-state index is 0.245. The number of benzene rings is 1. The molecule has 0 aliphatic carbocycles. The maximum absolute atomic E-state index is 12.1. The Morgan fingerprint density at radius 3 is 2.72 bits per heavy atom. The number of pyridine rings is 1. The predicted octanol–water partition coefficient (Wildman–Crippen LogP) is 3.07. The number of para-hydroxylation sites is 1. The lowest BCUT2D eigenvalue weighted by molar-refractivity contribution is 0.102. The fourth-order valence-electron chi connectivity index (χ4n) is 1.46. The van der Waals surface area contributed by atoms with Crippen LogP contribution < -0.4 is 10.1 Å². The average molecular weight is 307 g/mol. The van der Waals surface area contributed by atoms with E-state index in [4.69, 9.17) is 4.74 Å². The first-order chi connectivity index (χ1) is 8.81. The average Bonchev–Trinajstić information content (AvgIpc) is 2.41. The third-order valence-electron chi connectivity index (χ3n) is 2.25. The van der Waals surface area contributed by atoms with Gasteiger partial charge in [-0.1, -0.05) is 18.2 Å². The van der Waals surface area contributed by atoms with Gasteiger partial charge in [0, 0.05) is 6.20 Å². The van der Waals surface area contributed by atoms with Crippen molar-refractivity contribution in [2.24, 2.45) is 0 Å². The molecule has 0 unspecified atom stereocenters. The fraction of sp³-hybridized carbons (Fsp3) is 0.0769. The molecule has 0 bridgehead atoms. The van der Waals surface area contributed by atoms with Gasteiger partial charge in [-0.25, -0.2) is 4.98 Å². The number of anilines is 1. The van der Waals surface area contributed by atoms with E-state index < -0.39 is 0 Å². The van der Waals surface area contributed by atoms with Crippen LogP contribution in [-0.2, 0) is 0 Å². The van der Waals surface area contributed by atoms with E-state index in [0.29, 0.717) is 22.6 Å². The zero-order valence-electron chi connectivity index (χ0n) is 9.47. The van der Waals surface area contributed by atoms with Gasteiger partial charge in [-0.3, -0.25) is 4.79 Å². The van der Waals surface area contributed by atoms with E-state index in [1.54, 1.807) is 36.5 Å². The van der Waals surface area contributed by atoms with Crippen LogP contribution in [0.2, 0.25) is 0 Å². The molecular formula is C13H11BrN2O2. The van der Waals surface area contributed by atoms with Crippen LogP contribution in [0.5, 0.6) is 5.75 Å². The second-order valence-electron chi connectivity index (χ2n) is 3.42. The predicted molar refractivity (Wildman–Crippen MR) is 73.1 cm³/mol. The van der Waals surface area contributed by atoms with Crippen molar-refractivity contribution in [2.75, 3.05) is 10.8 Å². The summed E-state index contributed by atoms with van der Waals surface area (Å²) in [5.74, 6) is 0.796. The Morgan fingerprint density at radius 2 is 2.00 bits per heavy atom. The molecule has 4 nitrogen and oxygen atoms in total. The largest absolute Gasteiger partial charge is 0.482 e. The number of carbonyl (C=O) groups excluding carboxylic acids is 1. The number of hydrogen-bond acceptors (Lipinski definition) is 3. The Bertz CT molecular complexity index is 532. The molecule has 1 aromatic carbocycles. The summed E-state index contributed by atoms with van der Waals surface area (Å²) in [6.07, 6.45) is 1.62. The van der Waals surface area contributed by atoms with E-state index in [1.165, 1.54) is 0 Å². The van der Waals surface area contributed by atoms with Gasteiger partial charge in [-0.2, -0.15) is 0 Å². The number of aromatic nitrogens is 1. The highest BCUT2D eigenvalue weighted by Gasteiger charge is 2.12. The second kappa shape index (κ2) is 6.16. The molecule has 1 amide bonds. The Morgan fingerprint density at radius 1 is 1.22 bits per heavy atom. The van der Waals surface area contributed by atoms with Gasteiger partial charge in [0.25, 0.3) is 5.91 Å². The van der Waals surface area contributed by atoms with Crippen LogP contribution in [0.1, 0.15) is 10.4 Å². The minimum atomic E-state index is -0.245. The fourth-order valence-corrected chi connectivity index (χ4v) is 1.71. The summed E-state index contributed by atoms with van der Waals surface area (Å²) in [5.41, 5.74) is 0.809. The van der Waals surface area contributed by atoms with Gasteiger partial charge < -0.3 is 10.1 Å². The number of rotatable bonds is 4. The van der Waals surface area contributed by atoms with Crippen molar-refractivity contribution in [1.82, 2.24) is 4.98 Å². The van der Waals surface area contributed by atoms with Crippen molar-refractivity contribution >= 4 is 27.7 Å². The first-order valence-electron chi connectivity index (χ1n) is 5.31. The number of carbonyl (C=O) groups is 1. The molecule has 0 fully saturated rings. The first kappa shape index (κ1) is 12.6. The maximum Gasteiger partial charge on any atom is 0.260 e. The normalized spacial score (nSPS) is 9.83. The highest BCUT2D eigenvalue weighted by Crippen LogP contribution is 2.19. The third kappa shape index (κ3) is 3.07. The monoisotopic (exact) mass is 306 g/mol. The van der Waals surface area contributed by atoms with E-state index in [-0.39, 0.29) is 5.91 Å². The molecule has 5 heteroatoms. The van der Waals surface area contributed by atoms with Crippen LogP contribution >= 0.6 is 15.9 Å². The quantitative estimate of drug-likeness (QED) is 0.883. The number of nitrogens with zero attached hydrogens (tertiary/aromatic N) is 1. The second-order valence-corrected chi connectivity index (χ2v) is 3.88. The first-order valence-corrected chi connectivity index (χ1v) is 6.43. The minimum Gasteiger partial charge on any atom is -0.482 e. The molecule has 1 N–H and O–H groups in total. The van der Waals surface area contributed by atoms with Gasteiger partial charge >= 0.3 is 0 Å². The number of halogens is 1. The lowest BCUT2D eigenvalue weighted by Gasteiger charge is -2.09. The summed E-state index contributed by atoms with van der Waals surface area (Å²) in [4.78, 5) is 16.1. The van der Waals surface area contributed by atoms with Gasteiger partial charge in [0.15, 0.2) is 0 Å². The van der Waals surface area contributed by atoms with Crippen molar-refractivity contribution in [3.05, 3.63) is 54.2 Å². The van der Waals surface area contributed by atoms with Crippen LogP contribution in [-0.4, -0.2) is 16.4 Å². The van der Waals surface area contributed by atoms with E-state index in [9.17, 15) is 4.79 Å². The van der Waals surface area contributed by atoms with E-state index in [0.717, 1.165) is 0 Å². The van der Waals surface area contributed by atoms with Crippen molar-refractivity contribution in [1.29, 1.82) is 0 Å². The molecule has 0 radical (unpaired) electrons. The summed E-state index contributed by atoms with van der Waals surface area (Å²) >= 11 is 3.17. The van der Waals surface area contributed by atoms with Gasteiger partial charge in [0.2, 0.25) is 0 Å². The lowest BCUT2D eigenvalue weighted by Crippen LogP contribution is -2.14. The zero-order chi connectivity index (χ0) is 12.8. The standard InChI is InChI=1S/C13H11BrN2O2/c14-9-18-11-6-2-1-5-10(11)13(17)16-12-7-3-4-8-15-12/h1-8H,9H2,(H,15,16,17). The van der Waals surface area contributed by atoms with Crippen molar-refractivity contribution in [3.63, 3.8) is 0 Å². The number of ether oxygens (including phenoxy) is 1. The summed E-state index contributed by atoms with van der Waals surface area (Å²) in [6.45, 7) is 0. The zero-order valence-corrected chi connectivity index (χ0v) is 11.1. The Labute approximate surface area is 113 Å². The number of amides is 1. The highest BCUT2D eigenvalue weighted by molar-refractivity contribution is 9.09. The number of hydrogen-bond donors (Lipinski definition) is 1. The molecule has 0 aliphatic heterocycles. The smallest absolute Gasteiger partial charge is 0.260 e.